The Balaban J connectivity index is 3.83. The summed E-state index contributed by atoms with van der Waals surface area (Å²) in [7, 11) is 0. The summed E-state index contributed by atoms with van der Waals surface area (Å²) in [6, 6.07) is 0. The Labute approximate surface area is 103 Å². The summed E-state index contributed by atoms with van der Waals surface area (Å²) in [6.45, 7) is 2.54. The normalized spacial score (nSPS) is 14.0. The van der Waals surface area contributed by atoms with E-state index in [0.717, 1.165) is 12.8 Å². The van der Waals surface area contributed by atoms with Gasteiger partial charge in [0.05, 0.1) is 6.61 Å². The molecule has 0 saturated heterocycles. The van der Waals surface area contributed by atoms with Crippen molar-refractivity contribution < 1.29 is 9.53 Å². The van der Waals surface area contributed by atoms with E-state index in [1.165, 1.54) is 0 Å². The topological polar surface area (TPSA) is 26.3 Å². The molecular formula is C8H11Br3O2. The standard InChI is InChI=1S/C8H11Br3O2/c1-2-3-4-13-8(12)7(11)6(10)5-9/h5,7H,2-4H2,1H3. The van der Waals surface area contributed by atoms with Gasteiger partial charge in [0.2, 0.25) is 0 Å². The first-order chi connectivity index (χ1) is 6.13. The summed E-state index contributed by atoms with van der Waals surface area (Å²) in [5.74, 6) is -0.268. The van der Waals surface area contributed by atoms with Crippen LogP contribution in [0.2, 0.25) is 0 Å². The molecule has 0 heterocycles. The van der Waals surface area contributed by atoms with E-state index in [1.54, 1.807) is 4.99 Å². The van der Waals surface area contributed by atoms with Gasteiger partial charge in [-0.05, 0) is 11.4 Å². The van der Waals surface area contributed by atoms with E-state index in [1.807, 2.05) is 6.92 Å². The highest BCUT2D eigenvalue weighted by Crippen LogP contribution is 2.21. The number of unbranched alkanes of at least 4 members (excludes halogenated alkanes) is 1. The second-order valence-corrected chi connectivity index (χ2v) is 4.67. The number of hydrogen-bond donors (Lipinski definition) is 0. The van der Waals surface area contributed by atoms with Crippen molar-refractivity contribution >= 4 is 53.8 Å². The molecule has 0 N–H and O–H groups in total. The Kier molecular flexibility index (Phi) is 8.40. The van der Waals surface area contributed by atoms with Crippen LogP contribution in [0.1, 0.15) is 19.8 Å². The summed E-state index contributed by atoms with van der Waals surface area (Å²) in [4.78, 5) is 12.5. The number of alkyl halides is 1. The number of rotatable bonds is 5. The van der Waals surface area contributed by atoms with E-state index < -0.39 is 4.83 Å². The van der Waals surface area contributed by atoms with E-state index in [4.69, 9.17) is 4.74 Å². The number of esters is 1. The molecule has 2 nitrogen and oxygen atoms in total. The predicted octanol–water partition coefficient (Wildman–Crippen LogP) is 3.72. The van der Waals surface area contributed by atoms with Crippen LogP contribution in [0.15, 0.2) is 9.47 Å². The van der Waals surface area contributed by atoms with E-state index in [9.17, 15) is 4.79 Å². The molecule has 5 heteroatoms. The van der Waals surface area contributed by atoms with Crippen LogP contribution in [-0.2, 0) is 9.53 Å². The van der Waals surface area contributed by atoms with Crippen LogP contribution in [-0.4, -0.2) is 17.4 Å². The highest BCUT2D eigenvalue weighted by molar-refractivity contribution is 9.15. The quantitative estimate of drug-likeness (QED) is 0.414. The Morgan fingerprint density at radius 1 is 1.62 bits per heavy atom. The molecule has 0 fully saturated rings. The molecule has 0 aromatic rings. The monoisotopic (exact) mass is 376 g/mol. The zero-order chi connectivity index (χ0) is 10.3. The summed E-state index contributed by atoms with van der Waals surface area (Å²) < 4.78 is 5.71. The maximum atomic E-state index is 11.3. The summed E-state index contributed by atoms with van der Waals surface area (Å²) in [5.41, 5.74) is 0. The van der Waals surface area contributed by atoms with Crippen LogP contribution in [0.4, 0.5) is 0 Å². The van der Waals surface area contributed by atoms with Gasteiger partial charge in [0.15, 0.2) is 0 Å². The molecule has 0 amide bonds. The molecule has 0 bridgehead atoms. The van der Waals surface area contributed by atoms with Crippen molar-refractivity contribution in [1.82, 2.24) is 0 Å². The SMILES string of the molecule is CCCCOC(=O)C(Br)C(Br)=CBr. The number of carbonyl (C=O) groups excluding carboxylic acids is 1. The molecule has 0 rings (SSSR count). The van der Waals surface area contributed by atoms with Gasteiger partial charge in [-0.15, -0.1) is 0 Å². The molecule has 1 unspecified atom stereocenters. The first-order valence-corrected chi connectivity index (χ1v) is 6.52. The van der Waals surface area contributed by atoms with Crippen molar-refractivity contribution in [1.29, 1.82) is 0 Å². The maximum Gasteiger partial charge on any atom is 0.324 e. The summed E-state index contributed by atoms with van der Waals surface area (Å²) in [6.07, 6.45) is 1.93. The molecule has 13 heavy (non-hydrogen) atoms. The zero-order valence-corrected chi connectivity index (χ0v) is 12.0. The van der Waals surface area contributed by atoms with Crippen LogP contribution < -0.4 is 0 Å². The third-order valence-corrected chi connectivity index (χ3v) is 4.57. The highest BCUT2D eigenvalue weighted by Gasteiger charge is 2.18. The van der Waals surface area contributed by atoms with E-state index in [2.05, 4.69) is 47.8 Å². The molecule has 0 aromatic carbocycles. The Morgan fingerprint density at radius 3 is 2.69 bits per heavy atom. The van der Waals surface area contributed by atoms with Crippen molar-refractivity contribution in [3.8, 4) is 0 Å². The van der Waals surface area contributed by atoms with Crippen molar-refractivity contribution in [2.24, 2.45) is 0 Å². The average molecular weight is 379 g/mol. The van der Waals surface area contributed by atoms with Gasteiger partial charge in [-0.1, -0.05) is 61.1 Å². The largest absolute Gasteiger partial charge is 0.465 e. The van der Waals surface area contributed by atoms with Gasteiger partial charge < -0.3 is 4.74 Å². The molecule has 0 aliphatic carbocycles. The van der Waals surface area contributed by atoms with Crippen molar-refractivity contribution in [2.45, 2.75) is 24.6 Å². The van der Waals surface area contributed by atoms with Gasteiger partial charge in [0.25, 0.3) is 0 Å². The molecule has 0 radical (unpaired) electrons. The van der Waals surface area contributed by atoms with E-state index in [-0.39, 0.29) is 5.97 Å². The van der Waals surface area contributed by atoms with Crippen LogP contribution in [0.5, 0.6) is 0 Å². The minimum atomic E-state index is -0.413. The van der Waals surface area contributed by atoms with Crippen molar-refractivity contribution in [3.05, 3.63) is 9.47 Å². The predicted molar refractivity (Wildman–Crippen MR) is 64.5 cm³/mol. The van der Waals surface area contributed by atoms with Crippen LogP contribution >= 0.6 is 47.8 Å². The molecular weight excluding hydrogens is 368 g/mol. The van der Waals surface area contributed by atoms with Gasteiger partial charge in [0, 0.05) is 4.48 Å². The Bertz CT molecular complexity index is 192. The van der Waals surface area contributed by atoms with Crippen LogP contribution in [0, 0.1) is 0 Å². The van der Waals surface area contributed by atoms with Gasteiger partial charge in [0.1, 0.15) is 4.83 Å². The number of carbonyl (C=O) groups is 1. The van der Waals surface area contributed by atoms with Gasteiger partial charge in [-0.25, -0.2) is 0 Å². The fourth-order valence-corrected chi connectivity index (χ4v) is 1.63. The third-order valence-electron chi connectivity index (χ3n) is 1.30. The average Bonchev–Trinajstić information content (AvgIpc) is 2.15. The Hall–Kier alpha value is 0.650. The second kappa shape index (κ2) is 8.00. The molecule has 0 aliphatic rings. The number of hydrogen-bond acceptors (Lipinski definition) is 2. The van der Waals surface area contributed by atoms with E-state index in [0.29, 0.717) is 11.1 Å². The highest BCUT2D eigenvalue weighted by atomic mass is 79.9. The molecule has 0 saturated carbocycles. The fraction of sp³-hybridized carbons (Fsp3) is 0.625. The minimum absolute atomic E-state index is 0.268. The number of halogens is 3. The van der Waals surface area contributed by atoms with Crippen LogP contribution in [0.3, 0.4) is 0 Å². The zero-order valence-electron chi connectivity index (χ0n) is 7.23. The smallest absolute Gasteiger partial charge is 0.324 e. The molecule has 0 aliphatic heterocycles. The lowest BCUT2D eigenvalue weighted by molar-refractivity contribution is -0.142. The lowest BCUT2D eigenvalue weighted by atomic mass is 10.3. The van der Waals surface area contributed by atoms with E-state index >= 15 is 0 Å². The van der Waals surface area contributed by atoms with Gasteiger partial charge >= 0.3 is 5.97 Å². The number of ether oxygens (including phenoxy) is 1. The maximum absolute atomic E-state index is 11.3. The first kappa shape index (κ1) is 13.7. The van der Waals surface area contributed by atoms with Crippen molar-refractivity contribution in [2.75, 3.05) is 6.61 Å². The molecule has 0 aromatic heterocycles. The second-order valence-electron chi connectivity index (χ2n) is 2.38. The van der Waals surface area contributed by atoms with Crippen LogP contribution in [0.25, 0.3) is 0 Å². The molecule has 1 atom stereocenters. The van der Waals surface area contributed by atoms with Gasteiger partial charge in [-0.2, -0.15) is 0 Å². The summed E-state index contributed by atoms with van der Waals surface area (Å²) >= 11 is 9.54. The lowest BCUT2D eigenvalue weighted by Crippen LogP contribution is -2.17. The summed E-state index contributed by atoms with van der Waals surface area (Å²) in [5, 5.41) is 0. The third kappa shape index (κ3) is 5.86. The van der Waals surface area contributed by atoms with Gasteiger partial charge in [-0.3, -0.25) is 4.79 Å². The van der Waals surface area contributed by atoms with Crippen molar-refractivity contribution in [3.63, 3.8) is 0 Å². The fourth-order valence-electron chi connectivity index (χ4n) is 0.558. The Morgan fingerprint density at radius 2 is 2.23 bits per heavy atom. The molecule has 0 spiro atoms. The minimum Gasteiger partial charge on any atom is -0.465 e. The first-order valence-electron chi connectivity index (χ1n) is 3.90. The molecule has 76 valence electrons. The lowest BCUT2D eigenvalue weighted by Gasteiger charge is -2.08.